The lowest BCUT2D eigenvalue weighted by molar-refractivity contribution is -0.144. The molecule has 0 saturated carbocycles. The van der Waals surface area contributed by atoms with Gasteiger partial charge in [-0.3, -0.25) is 4.79 Å². The number of carboxylic acids is 1. The summed E-state index contributed by atoms with van der Waals surface area (Å²) in [5, 5.41) is 8.87. The zero-order chi connectivity index (χ0) is 9.61. The SMILES string of the molecule is CCCC[C@](N)(CCC)C(=O)O.Cl. The van der Waals surface area contributed by atoms with Crippen LogP contribution in [0, 0.1) is 0 Å². The van der Waals surface area contributed by atoms with Crippen LogP contribution in [0.2, 0.25) is 0 Å². The summed E-state index contributed by atoms with van der Waals surface area (Å²) in [6, 6.07) is 0. The number of aliphatic carboxylic acids is 1. The smallest absolute Gasteiger partial charge is 0.323 e. The van der Waals surface area contributed by atoms with Gasteiger partial charge >= 0.3 is 5.97 Å². The number of carbonyl (C=O) groups is 1. The van der Waals surface area contributed by atoms with E-state index in [1.807, 2.05) is 13.8 Å². The van der Waals surface area contributed by atoms with Crippen LogP contribution in [0.15, 0.2) is 0 Å². The van der Waals surface area contributed by atoms with E-state index in [9.17, 15) is 4.79 Å². The number of unbranched alkanes of at least 4 members (excludes halogenated alkanes) is 1. The maximum atomic E-state index is 10.8. The van der Waals surface area contributed by atoms with Crippen molar-refractivity contribution < 1.29 is 9.90 Å². The average molecular weight is 210 g/mol. The van der Waals surface area contributed by atoms with Crippen molar-refractivity contribution in [1.29, 1.82) is 0 Å². The minimum atomic E-state index is -0.981. The Morgan fingerprint density at radius 3 is 2.15 bits per heavy atom. The predicted molar refractivity (Wildman–Crippen MR) is 56.2 cm³/mol. The summed E-state index contributed by atoms with van der Waals surface area (Å²) < 4.78 is 0. The Morgan fingerprint density at radius 2 is 1.85 bits per heavy atom. The molecule has 80 valence electrons. The molecule has 0 radical (unpaired) electrons. The van der Waals surface area contributed by atoms with E-state index in [0.717, 1.165) is 19.3 Å². The van der Waals surface area contributed by atoms with Gasteiger partial charge in [-0.2, -0.15) is 0 Å². The summed E-state index contributed by atoms with van der Waals surface area (Å²) in [5.41, 5.74) is 4.76. The molecule has 3 N–H and O–H groups in total. The molecule has 0 unspecified atom stereocenters. The fourth-order valence-electron chi connectivity index (χ4n) is 1.28. The van der Waals surface area contributed by atoms with Crippen molar-refractivity contribution in [3.63, 3.8) is 0 Å². The van der Waals surface area contributed by atoms with Gasteiger partial charge in [-0.05, 0) is 12.8 Å². The van der Waals surface area contributed by atoms with Crippen LogP contribution in [0.3, 0.4) is 0 Å². The molecule has 0 amide bonds. The zero-order valence-corrected chi connectivity index (χ0v) is 9.19. The van der Waals surface area contributed by atoms with Gasteiger partial charge in [-0.25, -0.2) is 0 Å². The molecule has 0 aliphatic carbocycles. The molecule has 0 fully saturated rings. The minimum absolute atomic E-state index is 0. The molecular weight excluding hydrogens is 190 g/mol. The molecule has 0 aromatic carbocycles. The number of carboxylic acid groups (broad SMARTS) is 1. The second kappa shape index (κ2) is 7.15. The third-order valence-corrected chi connectivity index (χ3v) is 2.10. The van der Waals surface area contributed by atoms with Crippen molar-refractivity contribution in [1.82, 2.24) is 0 Å². The predicted octanol–water partition coefficient (Wildman–Crippen LogP) is 2.18. The van der Waals surface area contributed by atoms with Crippen LogP contribution in [0.25, 0.3) is 0 Å². The van der Waals surface area contributed by atoms with Crippen molar-refractivity contribution in [3.05, 3.63) is 0 Å². The normalized spacial score (nSPS) is 14.4. The van der Waals surface area contributed by atoms with E-state index >= 15 is 0 Å². The van der Waals surface area contributed by atoms with Gasteiger partial charge in [-0.15, -0.1) is 12.4 Å². The molecule has 0 saturated heterocycles. The van der Waals surface area contributed by atoms with E-state index in [1.54, 1.807) is 0 Å². The number of hydrogen-bond acceptors (Lipinski definition) is 2. The molecule has 0 rings (SSSR count). The summed E-state index contributed by atoms with van der Waals surface area (Å²) in [6.45, 7) is 3.99. The Balaban J connectivity index is 0. The molecule has 13 heavy (non-hydrogen) atoms. The lowest BCUT2D eigenvalue weighted by Crippen LogP contribution is -2.47. The minimum Gasteiger partial charge on any atom is -0.480 e. The van der Waals surface area contributed by atoms with Crippen LogP contribution < -0.4 is 5.73 Å². The molecule has 0 bridgehead atoms. The van der Waals surface area contributed by atoms with Crippen molar-refractivity contribution >= 4 is 18.4 Å². The summed E-state index contributed by atoms with van der Waals surface area (Å²) in [4.78, 5) is 10.8. The van der Waals surface area contributed by atoms with Gasteiger partial charge in [0.2, 0.25) is 0 Å². The summed E-state index contributed by atoms with van der Waals surface area (Å²) in [6.07, 6.45) is 3.88. The summed E-state index contributed by atoms with van der Waals surface area (Å²) in [5.74, 6) is -0.863. The lowest BCUT2D eigenvalue weighted by atomic mass is 9.89. The first-order valence-electron chi connectivity index (χ1n) is 4.59. The Labute approximate surface area is 86.1 Å². The van der Waals surface area contributed by atoms with Crippen molar-refractivity contribution in [3.8, 4) is 0 Å². The van der Waals surface area contributed by atoms with Gasteiger partial charge in [0, 0.05) is 0 Å². The molecule has 1 atom stereocenters. The van der Waals surface area contributed by atoms with Crippen molar-refractivity contribution in [2.75, 3.05) is 0 Å². The van der Waals surface area contributed by atoms with E-state index < -0.39 is 11.5 Å². The molecule has 4 heteroatoms. The Bertz CT molecular complexity index is 153. The Hall–Kier alpha value is -0.280. The van der Waals surface area contributed by atoms with Gasteiger partial charge in [0.25, 0.3) is 0 Å². The van der Waals surface area contributed by atoms with Crippen LogP contribution in [0.4, 0.5) is 0 Å². The van der Waals surface area contributed by atoms with Crippen LogP contribution >= 0.6 is 12.4 Å². The summed E-state index contributed by atoms with van der Waals surface area (Å²) in [7, 11) is 0. The van der Waals surface area contributed by atoms with Crippen LogP contribution in [0.1, 0.15) is 46.0 Å². The largest absolute Gasteiger partial charge is 0.480 e. The maximum Gasteiger partial charge on any atom is 0.323 e. The second-order valence-corrected chi connectivity index (χ2v) is 3.31. The molecule has 0 aliphatic heterocycles. The van der Waals surface area contributed by atoms with Crippen LogP contribution in [-0.2, 0) is 4.79 Å². The molecule has 0 aliphatic rings. The van der Waals surface area contributed by atoms with Crippen molar-refractivity contribution in [2.24, 2.45) is 5.73 Å². The topological polar surface area (TPSA) is 63.3 Å². The highest BCUT2D eigenvalue weighted by Crippen LogP contribution is 2.17. The monoisotopic (exact) mass is 209 g/mol. The van der Waals surface area contributed by atoms with Crippen LogP contribution in [0.5, 0.6) is 0 Å². The lowest BCUT2D eigenvalue weighted by Gasteiger charge is -2.23. The molecule has 0 heterocycles. The van der Waals surface area contributed by atoms with Gasteiger partial charge in [-0.1, -0.05) is 33.1 Å². The molecule has 3 nitrogen and oxygen atoms in total. The first kappa shape index (κ1) is 15.2. The fourth-order valence-corrected chi connectivity index (χ4v) is 1.28. The maximum absolute atomic E-state index is 10.8. The fraction of sp³-hybridized carbons (Fsp3) is 0.889. The van der Waals surface area contributed by atoms with Gasteiger partial charge in [0.05, 0.1) is 0 Å². The highest BCUT2D eigenvalue weighted by atomic mass is 35.5. The first-order chi connectivity index (χ1) is 5.56. The van der Waals surface area contributed by atoms with E-state index in [0.29, 0.717) is 12.8 Å². The number of rotatable bonds is 6. The number of hydrogen-bond donors (Lipinski definition) is 2. The van der Waals surface area contributed by atoms with E-state index in [1.165, 1.54) is 0 Å². The van der Waals surface area contributed by atoms with Gasteiger partial charge in [0.1, 0.15) is 5.54 Å². The van der Waals surface area contributed by atoms with Gasteiger partial charge < -0.3 is 10.8 Å². The standard InChI is InChI=1S/C9H19NO2.ClH/c1-3-5-7-9(10,6-4-2)8(11)12;/h3-7,10H2,1-2H3,(H,11,12);1H/t9-;/m1./s1. The molecule has 0 spiro atoms. The third kappa shape index (κ3) is 5.11. The third-order valence-electron chi connectivity index (χ3n) is 2.10. The Kier molecular flexibility index (Phi) is 8.37. The average Bonchev–Trinajstić information content (AvgIpc) is 2.01. The Morgan fingerprint density at radius 1 is 1.31 bits per heavy atom. The van der Waals surface area contributed by atoms with E-state index in [2.05, 4.69) is 0 Å². The zero-order valence-electron chi connectivity index (χ0n) is 8.38. The highest BCUT2D eigenvalue weighted by molar-refractivity contribution is 5.85. The first-order valence-corrected chi connectivity index (χ1v) is 4.59. The molecular formula is C9H20ClNO2. The van der Waals surface area contributed by atoms with Crippen molar-refractivity contribution in [2.45, 2.75) is 51.5 Å². The second-order valence-electron chi connectivity index (χ2n) is 3.31. The molecule has 0 aromatic heterocycles. The number of halogens is 1. The molecule has 0 aromatic rings. The highest BCUT2D eigenvalue weighted by Gasteiger charge is 2.31. The quantitative estimate of drug-likeness (QED) is 0.705. The summed E-state index contributed by atoms with van der Waals surface area (Å²) >= 11 is 0. The van der Waals surface area contributed by atoms with E-state index in [4.69, 9.17) is 10.8 Å². The van der Waals surface area contributed by atoms with E-state index in [-0.39, 0.29) is 12.4 Å². The number of nitrogens with two attached hydrogens (primary N) is 1. The van der Waals surface area contributed by atoms with Crippen LogP contribution in [-0.4, -0.2) is 16.6 Å². The van der Waals surface area contributed by atoms with Gasteiger partial charge in [0.15, 0.2) is 0 Å².